The molecule has 0 bridgehead atoms. The van der Waals surface area contributed by atoms with Crippen LogP contribution in [0.2, 0.25) is 10.0 Å². The first-order valence-electron chi connectivity index (χ1n) is 8.23. The molecule has 27 heavy (non-hydrogen) atoms. The zero-order chi connectivity index (χ0) is 18.8. The third kappa shape index (κ3) is 3.47. The van der Waals surface area contributed by atoms with Crippen molar-refractivity contribution in [2.45, 2.75) is 6.10 Å². The van der Waals surface area contributed by atoms with Gasteiger partial charge >= 0.3 is 0 Å². The summed E-state index contributed by atoms with van der Waals surface area (Å²) in [7, 11) is 0. The van der Waals surface area contributed by atoms with Gasteiger partial charge in [-0.2, -0.15) is 0 Å². The number of rotatable bonds is 4. The quantitative estimate of drug-likeness (QED) is 0.473. The summed E-state index contributed by atoms with van der Waals surface area (Å²) in [5, 5.41) is 16.4. The second kappa shape index (κ2) is 7.53. The summed E-state index contributed by atoms with van der Waals surface area (Å²) in [6.07, 6.45) is 2.28. The van der Waals surface area contributed by atoms with Crippen LogP contribution in [-0.4, -0.2) is 15.2 Å². The number of aromatic nitrogens is 2. The Hall–Kier alpha value is -2.66. The van der Waals surface area contributed by atoms with E-state index < -0.39 is 6.10 Å². The van der Waals surface area contributed by atoms with Crippen LogP contribution in [0.25, 0.3) is 22.6 Å². The second-order valence-corrected chi connectivity index (χ2v) is 6.79. The zero-order valence-corrected chi connectivity index (χ0v) is 15.5. The van der Waals surface area contributed by atoms with E-state index in [1.54, 1.807) is 42.7 Å². The van der Waals surface area contributed by atoms with E-state index in [0.717, 1.165) is 5.56 Å². The average molecular weight is 397 g/mol. The van der Waals surface area contributed by atoms with E-state index in [1.165, 1.54) is 0 Å². The van der Waals surface area contributed by atoms with Gasteiger partial charge < -0.3 is 9.63 Å². The summed E-state index contributed by atoms with van der Waals surface area (Å²) in [6, 6.07) is 18.0. The van der Waals surface area contributed by atoms with Gasteiger partial charge in [-0.25, -0.2) is 0 Å². The molecule has 0 fully saturated rings. The molecule has 1 unspecified atom stereocenters. The van der Waals surface area contributed by atoms with Gasteiger partial charge in [0.2, 0.25) is 0 Å². The van der Waals surface area contributed by atoms with Crippen molar-refractivity contribution in [1.82, 2.24) is 10.1 Å². The average Bonchev–Trinajstić information content (AvgIpc) is 3.14. The molecule has 1 N–H and O–H groups in total. The topological polar surface area (TPSA) is 59.2 Å². The van der Waals surface area contributed by atoms with Crippen molar-refractivity contribution in [3.8, 4) is 22.6 Å². The minimum Gasteiger partial charge on any atom is -0.383 e. The number of nitrogens with zero attached hydrogens (tertiary/aromatic N) is 2. The summed E-state index contributed by atoms with van der Waals surface area (Å²) in [5.74, 6) is 0.418. The molecule has 0 radical (unpaired) electrons. The van der Waals surface area contributed by atoms with Crippen molar-refractivity contribution in [3.05, 3.63) is 94.2 Å². The fraction of sp³-hybridized carbons (Fsp3) is 0.0476. The SMILES string of the molecule is OC(c1cccnc1)c1c(-c2ccc(Cl)cc2)noc1-c1ccccc1Cl. The Bertz CT molecular complexity index is 1060. The molecule has 0 saturated heterocycles. The van der Waals surface area contributed by atoms with E-state index in [2.05, 4.69) is 10.1 Å². The third-order valence-electron chi connectivity index (χ3n) is 4.24. The monoisotopic (exact) mass is 396 g/mol. The van der Waals surface area contributed by atoms with Crippen LogP contribution in [0.15, 0.2) is 77.6 Å². The highest BCUT2D eigenvalue weighted by atomic mass is 35.5. The fourth-order valence-corrected chi connectivity index (χ4v) is 3.26. The van der Waals surface area contributed by atoms with E-state index in [-0.39, 0.29) is 0 Å². The summed E-state index contributed by atoms with van der Waals surface area (Å²) in [6.45, 7) is 0. The fourth-order valence-electron chi connectivity index (χ4n) is 2.91. The Balaban J connectivity index is 1.93. The number of halogens is 2. The smallest absolute Gasteiger partial charge is 0.175 e. The Morgan fingerprint density at radius 2 is 1.70 bits per heavy atom. The molecule has 0 amide bonds. The Morgan fingerprint density at radius 3 is 2.41 bits per heavy atom. The molecule has 0 spiro atoms. The Morgan fingerprint density at radius 1 is 0.926 bits per heavy atom. The van der Waals surface area contributed by atoms with E-state index in [0.29, 0.717) is 38.2 Å². The number of hydrogen-bond acceptors (Lipinski definition) is 4. The van der Waals surface area contributed by atoms with E-state index in [4.69, 9.17) is 27.7 Å². The molecule has 4 aromatic rings. The highest BCUT2D eigenvalue weighted by Gasteiger charge is 2.27. The van der Waals surface area contributed by atoms with Crippen LogP contribution < -0.4 is 0 Å². The highest BCUT2D eigenvalue weighted by Crippen LogP contribution is 2.41. The van der Waals surface area contributed by atoms with Crippen molar-refractivity contribution in [2.75, 3.05) is 0 Å². The van der Waals surface area contributed by atoms with Crippen LogP contribution in [-0.2, 0) is 0 Å². The molecule has 0 aliphatic carbocycles. The Labute approximate surface area is 166 Å². The lowest BCUT2D eigenvalue weighted by molar-refractivity contribution is 0.220. The number of pyridine rings is 1. The lowest BCUT2D eigenvalue weighted by Crippen LogP contribution is -2.02. The van der Waals surface area contributed by atoms with Crippen molar-refractivity contribution >= 4 is 23.2 Å². The van der Waals surface area contributed by atoms with Gasteiger partial charge in [-0.15, -0.1) is 0 Å². The maximum Gasteiger partial charge on any atom is 0.175 e. The second-order valence-electron chi connectivity index (χ2n) is 5.95. The van der Waals surface area contributed by atoms with Crippen molar-refractivity contribution in [3.63, 3.8) is 0 Å². The van der Waals surface area contributed by atoms with Gasteiger partial charge in [0, 0.05) is 34.1 Å². The molecule has 2 aromatic heterocycles. The molecule has 4 rings (SSSR count). The molecule has 134 valence electrons. The van der Waals surface area contributed by atoms with Crippen LogP contribution >= 0.6 is 23.2 Å². The lowest BCUT2D eigenvalue weighted by atomic mass is 9.95. The highest BCUT2D eigenvalue weighted by molar-refractivity contribution is 6.33. The minimum atomic E-state index is -0.984. The van der Waals surface area contributed by atoms with Gasteiger partial charge in [-0.3, -0.25) is 4.98 Å². The largest absolute Gasteiger partial charge is 0.383 e. The predicted molar refractivity (Wildman–Crippen MR) is 106 cm³/mol. The molecule has 1 atom stereocenters. The normalized spacial score (nSPS) is 12.1. The Kier molecular flexibility index (Phi) is 4.94. The van der Waals surface area contributed by atoms with Crippen LogP contribution in [0.1, 0.15) is 17.2 Å². The summed E-state index contributed by atoms with van der Waals surface area (Å²) >= 11 is 12.4. The molecular formula is C21H14Cl2N2O2. The molecule has 0 aliphatic heterocycles. The van der Waals surface area contributed by atoms with Gasteiger partial charge in [0.1, 0.15) is 11.8 Å². The van der Waals surface area contributed by atoms with E-state index in [9.17, 15) is 5.11 Å². The zero-order valence-electron chi connectivity index (χ0n) is 14.0. The minimum absolute atomic E-state index is 0.418. The number of hydrogen-bond donors (Lipinski definition) is 1. The van der Waals surface area contributed by atoms with Crippen molar-refractivity contribution in [1.29, 1.82) is 0 Å². The summed E-state index contributed by atoms with van der Waals surface area (Å²) in [4.78, 5) is 4.10. The number of benzene rings is 2. The first-order valence-corrected chi connectivity index (χ1v) is 8.99. The molecule has 2 aromatic carbocycles. The molecule has 2 heterocycles. The van der Waals surface area contributed by atoms with Gasteiger partial charge in [-0.05, 0) is 30.3 Å². The van der Waals surface area contributed by atoms with Gasteiger partial charge in [-0.1, -0.05) is 58.7 Å². The molecule has 6 heteroatoms. The maximum atomic E-state index is 11.1. The van der Waals surface area contributed by atoms with Crippen LogP contribution in [0.3, 0.4) is 0 Å². The van der Waals surface area contributed by atoms with Crippen molar-refractivity contribution < 1.29 is 9.63 Å². The summed E-state index contributed by atoms with van der Waals surface area (Å²) < 4.78 is 5.64. The molecule has 4 nitrogen and oxygen atoms in total. The maximum absolute atomic E-state index is 11.1. The van der Waals surface area contributed by atoms with Crippen LogP contribution in [0.4, 0.5) is 0 Å². The molecule has 0 aliphatic rings. The summed E-state index contributed by atoms with van der Waals surface area (Å²) in [5.41, 5.74) is 3.12. The van der Waals surface area contributed by atoms with Gasteiger partial charge in [0.05, 0.1) is 10.6 Å². The number of aliphatic hydroxyl groups excluding tert-OH is 1. The first kappa shape index (κ1) is 17.7. The first-order chi connectivity index (χ1) is 13.1. The standard InChI is InChI=1S/C21H14Cl2N2O2/c22-15-9-7-13(8-10-15)19-18(20(26)14-4-3-11-24-12-14)21(27-25-19)16-5-1-2-6-17(16)23/h1-12,20,26H. The van der Waals surface area contributed by atoms with E-state index in [1.807, 2.05) is 30.3 Å². The number of aliphatic hydroxyl groups is 1. The van der Waals surface area contributed by atoms with Crippen LogP contribution in [0.5, 0.6) is 0 Å². The van der Waals surface area contributed by atoms with Gasteiger partial charge in [0.25, 0.3) is 0 Å². The molecular weight excluding hydrogens is 383 g/mol. The van der Waals surface area contributed by atoms with Gasteiger partial charge in [0.15, 0.2) is 5.76 Å². The molecule has 0 saturated carbocycles. The lowest BCUT2D eigenvalue weighted by Gasteiger charge is -2.13. The van der Waals surface area contributed by atoms with E-state index >= 15 is 0 Å². The third-order valence-corrected chi connectivity index (χ3v) is 4.82. The van der Waals surface area contributed by atoms with Crippen molar-refractivity contribution in [2.24, 2.45) is 0 Å². The predicted octanol–water partition coefficient (Wildman–Crippen LogP) is 5.79. The van der Waals surface area contributed by atoms with Crippen LogP contribution in [0, 0.1) is 0 Å².